The summed E-state index contributed by atoms with van der Waals surface area (Å²) in [4.78, 5) is 2.70. The molecule has 18 heavy (non-hydrogen) atoms. The maximum atomic E-state index is 3.53. The molecule has 3 rings (SSSR count). The minimum atomic E-state index is 0.547. The van der Waals surface area contributed by atoms with Gasteiger partial charge >= 0.3 is 0 Å². The van der Waals surface area contributed by atoms with E-state index in [-0.39, 0.29) is 0 Å². The average molecular weight is 244 g/mol. The van der Waals surface area contributed by atoms with Crippen LogP contribution in [0, 0.1) is 18.8 Å². The fourth-order valence-corrected chi connectivity index (χ4v) is 3.75. The predicted octanol–water partition coefficient (Wildman–Crippen LogP) is 2.60. The normalized spacial score (nSPS) is 33.6. The summed E-state index contributed by atoms with van der Waals surface area (Å²) in [5, 5.41) is 3.53. The van der Waals surface area contributed by atoms with E-state index < -0.39 is 0 Å². The van der Waals surface area contributed by atoms with Crippen molar-refractivity contribution in [3.63, 3.8) is 0 Å². The van der Waals surface area contributed by atoms with E-state index in [9.17, 15) is 0 Å². The summed E-state index contributed by atoms with van der Waals surface area (Å²) in [6, 6.07) is 10.3. The van der Waals surface area contributed by atoms with Crippen LogP contribution < -0.4 is 5.32 Å². The molecular weight excluding hydrogens is 220 g/mol. The van der Waals surface area contributed by atoms with Crippen molar-refractivity contribution in [3.05, 3.63) is 35.4 Å². The number of hydrogen-bond acceptors (Lipinski definition) is 2. The van der Waals surface area contributed by atoms with E-state index in [0.717, 1.165) is 11.8 Å². The monoisotopic (exact) mass is 244 g/mol. The maximum Gasteiger partial charge on any atom is 0.0322 e. The summed E-state index contributed by atoms with van der Waals surface area (Å²) in [5.41, 5.74) is 2.81. The Morgan fingerprint density at radius 1 is 1.22 bits per heavy atom. The molecule has 1 N–H and O–H groups in total. The predicted molar refractivity (Wildman–Crippen MR) is 75.6 cm³/mol. The molecule has 0 aliphatic carbocycles. The highest BCUT2D eigenvalue weighted by Crippen LogP contribution is 2.37. The zero-order chi connectivity index (χ0) is 12.7. The van der Waals surface area contributed by atoms with Crippen molar-refractivity contribution < 1.29 is 0 Å². The smallest absolute Gasteiger partial charge is 0.0322 e. The van der Waals surface area contributed by atoms with E-state index in [1.165, 1.54) is 30.8 Å². The van der Waals surface area contributed by atoms with Crippen LogP contribution in [0.1, 0.15) is 31.0 Å². The molecule has 2 aliphatic rings. The van der Waals surface area contributed by atoms with Crippen molar-refractivity contribution in [2.45, 2.75) is 32.9 Å². The number of aryl methyl sites for hydroxylation is 1. The molecule has 0 radical (unpaired) electrons. The first-order valence-corrected chi connectivity index (χ1v) is 7.20. The van der Waals surface area contributed by atoms with Crippen LogP contribution in [-0.4, -0.2) is 30.6 Å². The molecule has 2 fully saturated rings. The molecule has 2 nitrogen and oxygen atoms in total. The Labute approximate surface area is 110 Å². The number of benzene rings is 1. The van der Waals surface area contributed by atoms with Crippen molar-refractivity contribution in [2.75, 3.05) is 19.6 Å². The number of likely N-dealkylation sites (tertiary alicyclic amines) is 1. The summed E-state index contributed by atoms with van der Waals surface area (Å²) in [7, 11) is 0. The second kappa shape index (κ2) is 4.67. The van der Waals surface area contributed by atoms with Gasteiger partial charge in [-0.25, -0.2) is 0 Å². The highest BCUT2D eigenvalue weighted by atomic mass is 15.2. The fraction of sp³-hybridized carbons (Fsp3) is 0.625. The van der Waals surface area contributed by atoms with Gasteiger partial charge in [-0.3, -0.25) is 4.90 Å². The quantitative estimate of drug-likeness (QED) is 0.860. The number of nitrogens with zero attached hydrogens (tertiary/aromatic N) is 1. The van der Waals surface area contributed by atoms with Crippen molar-refractivity contribution in [2.24, 2.45) is 11.8 Å². The highest BCUT2D eigenvalue weighted by Gasteiger charge is 2.43. The minimum Gasteiger partial charge on any atom is -0.316 e. The maximum absolute atomic E-state index is 3.53. The van der Waals surface area contributed by atoms with Crippen molar-refractivity contribution in [3.8, 4) is 0 Å². The van der Waals surface area contributed by atoms with Gasteiger partial charge in [-0.2, -0.15) is 0 Å². The lowest BCUT2D eigenvalue weighted by atomic mass is 9.95. The van der Waals surface area contributed by atoms with Gasteiger partial charge in [-0.1, -0.05) is 29.8 Å². The standard InChI is InChI=1S/C16H24N2/c1-11-4-6-14(7-5-11)12(2)18-10-15-8-17-9-16(15)13(18)3/h4-7,12-13,15-17H,8-10H2,1-3H3. The molecule has 2 saturated heterocycles. The Kier molecular flexibility index (Phi) is 3.16. The van der Waals surface area contributed by atoms with Crippen molar-refractivity contribution in [1.82, 2.24) is 10.2 Å². The lowest BCUT2D eigenvalue weighted by molar-refractivity contribution is 0.182. The third-order valence-electron chi connectivity index (χ3n) is 5.04. The molecule has 4 atom stereocenters. The molecule has 0 saturated carbocycles. The topological polar surface area (TPSA) is 15.3 Å². The van der Waals surface area contributed by atoms with Crippen LogP contribution in [0.2, 0.25) is 0 Å². The van der Waals surface area contributed by atoms with E-state index >= 15 is 0 Å². The van der Waals surface area contributed by atoms with Crippen LogP contribution in [0.5, 0.6) is 0 Å². The Balaban J connectivity index is 1.77. The van der Waals surface area contributed by atoms with Gasteiger partial charge in [0, 0.05) is 18.6 Å². The summed E-state index contributed by atoms with van der Waals surface area (Å²) in [5.74, 6) is 1.73. The third kappa shape index (κ3) is 1.98. The number of hydrogen-bond donors (Lipinski definition) is 1. The number of nitrogens with one attached hydrogen (secondary N) is 1. The van der Waals surface area contributed by atoms with Gasteiger partial charge in [0.2, 0.25) is 0 Å². The molecule has 1 aromatic rings. The zero-order valence-corrected chi connectivity index (χ0v) is 11.7. The van der Waals surface area contributed by atoms with E-state index in [0.29, 0.717) is 12.1 Å². The molecule has 2 heteroatoms. The minimum absolute atomic E-state index is 0.547. The molecule has 2 aliphatic heterocycles. The lowest BCUT2D eigenvalue weighted by Crippen LogP contribution is -2.35. The van der Waals surface area contributed by atoms with E-state index in [2.05, 4.69) is 55.3 Å². The molecule has 98 valence electrons. The third-order valence-corrected chi connectivity index (χ3v) is 5.04. The molecular formula is C16H24N2. The summed E-state index contributed by atoms with van der Waals surface area (Å²) >= 11 is 0. The molecule has 0 aromatic heterocycles. The van der Waals surface area contributed by atoms with Gasteiger partial charge in [0.15, 0.2) is 0 Å². The van der Waals surface area contributed by atoms with E-state index in [1.54, 1.807) is 0 Å². The van der Waals surface area contributed by atoms with Crippen LogP contribution in [0.15, 0.2) is 24.3 Å². The van der Waals surface area contributed by atoms with Gasteiger partial charge in [0.1, 0.15) is 0 Å². The zero-order valence-electron chi connectivity index (χ0n) is 11.7. The highest BCUT2D eigenvalue weighted by molar-refractivity contribution is 5.24. The SMILES string of the molecule is Cc1ccc(C(C)N2CC3CNCC3C2C)cc1. The van der Waals surface area contributed by atoms with Crippen LogP contribution in [0.3, 0.4) is 0 Å². The first-order chi connectivity index (χ1) is 8.66. The Morgan fingerprint density at radius 2 is 1.94 bits per heavy atom. The van der Waals surface area contributed by atoms with Crippen molar-refractivity contribution >= 4 is 0 Å². The van der Waals surface area contributed by atoms with Crippen LogP contribution in [-0.2, 0) is 0 Å². The largest absolute Gasteiger partial charge is 0.316 e. The molecule has 0 bridgehead atoms. The number of fused-ring (bicyclic) bond motifs is 1. The van der Waals surface area contributed by atoms with E-state index in [4.69, 9.17) is 0 Å². The lowest BCUT2D eigenvalue weighted by Gasteiger charge is -2.31. The Morgan fingerprint density at radius 3 is 2.61 bits per heavy atom. The first-order valence-electron chi connectivity index (χ1n) is 7.20. The first kappa shape index (κ1) is 12.2. The fourth-order valence-electron chi connectivity index (χ4n) is 3.75. The second-order valence-corrected chi connectivity index (χ2v) is 6.11. The molecule has 0 spiro atoms. The summed E-state index contributed by atoms with van der Waals surface area (Å²) < 4.78 is 0. The number of rotatable bonds is 2. The Hall–Kier alpha value is -0.860. The molecule has 1 aromatic carbocycles. The Bertz CT molecular complexity index is 412. The van der Waals surface area contributed by atoms with E-state index in [1.807, 2.05) is 0 Å². The van der Waals surface area contributed by atoms with Gasteiger partial charge < -0.3 is 5.32 Å². The van der Waals surface area contributed by atoms with Crippen LogP contribution in [0.4, 0.5) is 0 Å². The molecule has 0 amide bonds. The van der Waals surface area contributed by atoms with Gasteiger partial charge in [-0.15, -0.1) is 0 Å². The van der Waals surface area contributed by atoms with Crippen molar-refractivity contribution in [1.29, 1.82) is 0 Å². The van der Waals surface area contributed by atoms with Gasteiger partial charge in [0.25, 0.3) is 0 Å². The van der Waals surface area contributed by atoms with Crippen LogP contribution in [0.25, 0.3) is 0 Å². The average Bonchev–Trinajstić information content (AvgIpc) is 2.93. The van der Waals surface area contributed by atoms with Gasteiger partial charge in [0.05, 0.1) is 0 Å². The molecule has 2 heterocycles. The second-order valence-electron chi connectivity index (χ2n) is 6.11. The van der Waals surface area contributed by atoms with Gasteiger partial charge in [-0.05, 0) is 51.3 Å². The summed E-state index contributed by atoms with van der Waals surface area (Å²) in [6.45, 7) is 10.6. The van der Waals surface area contributed by atoms with Crippen LogP contribution >= 0.6 is 0 Å². The molecule has 4 unspecified atom stereocenters. The summed E-state index contributed by atoms with van der Waals surface area (Å²) in [6.07, 6.45) is 0.